The van der Waals surface area contributed by atoms with E-state index >= 15 is 0 Å². The average Bonchev–Trinajstić information content (AvgIpc) is 2.97. The summed E-state index contributed by atoms with van der Waals surface area (Å²) < 4.78 is 1.45. The van der Waals surface area contributed by atoms with E-state index in [1.807, 2.05) is 17.5 Å². The first-order chi connectivity index (χ1) is 12.2. The van der Waals surface area contributed by atoms with E-state index in [4.69, 9.17) is 5.11 Å². The molecule has 3 rings (SSSR count). The van der Waals surface area contributed by atoms with E-state index in [2.05, 4.69) is 37.9 Å². The summed E-state index contributed by atoms with van der Waals surface area (Å²) in [6.45, 7) is 8.35. The number of nitrogens with zero attached hydrogens (tertiary/aromatic N) is 2. The molecular weight excluding hydrogens is 348 g/mol. The molecule has 0 aliphatic heterocycles. The van der Waals surface area contributed by atoms with Gasteiger partial charge in [0.1, 0.15) is 10.7 Å². The van der Waals surface area contributed by atoms with E-state index in [-0.39, 0.29) is 23.9 Å². The van der Waals surface area contributed by atoms with Crippen molar-refractivity contribution in [3.05, 3.63) is 51.4 Å². The predicted octanol–water partition coefficient (Wildman–Crippen LogP) is 4.21. The summed E-state index contributed by atoms with van der Waals surface area (Å²) in [6, 6.07) is 8.23. The molecule has 0 unspecified atom stereocenters. The number of hydrogen-bond donors (Lipinski definition) is 1. The van der Waals surface area contributed by atoms with Crippen LogP contribution in [0.4, 0.5) is 0 Å². The monoisotopic (exact) mass is 370 g/mol. The molecule has 6 heteroatoms. The molecule has 0 fully saturated rings. The van der Waals surface area contributed by atoms with Crippen molar-refractivity contribution in [2.24, 2.45) is 0 Å². The second-order valence-electron chi connectivity index (χ2n) is 7.42. The van der Waals surface area contributed by atoms with Gasteiger partial charge in [0.25, 0.3) is 5.56 Å². The summed E-state index contributed by atoms with van der Waals surface area (Å²) in [7, 11) is 0. The summed E-state index contributed by atoms with van der Waals surface area (Å²) >= 11 is 1.44. The lowest BCUT2D eigenvalue weighted by atomic mass is 9.86. The fraction of sp³-hybridized carbons (Fsp3) is 0.350. The molecule has 0 saturated heterocycles. The molecule has 136 valence electrons. The summed E-state index contributed by atoms with van der Waals surface area (Å²) in [5.41, 5.74) is 2.94. The highest BCUT2D eigenvalue weighted by molar-refractivity contribution is 7.17. The van der Waals surface area contributed by atoms with Crippen molar-refractivity contribution >= 4 is 27.5 Å². The molecule has 1 aromatic carbocycles. The van der Waals surface area contributed by atoms with Crippen molar-refractivity contribution in [3.8, 4) is 11.1 Å². The number of hydrogen-bond acceptors (Lipinski definition) is 4. The molecule has 0 bridgehead atoms. The van der Waals surface area contributed by atoms with Crippen LogP contribution in [0.2, 0.25) is 0 Å². The van der Waals surface area contributed by atoms with Crippen molar-refractivity contribution in [2.45, 2.75) is 46.1 Å². The SMILES string of the molecule is Cc1nc2scc(-c3ccc(C(C)(C)C)cc3)c2c(=O)n1CCC(=O)O. The molecule has 0 saturated carbocycles. The maximum atomic E-state index is 13.0. The number of benzene rings is 1. The van der Waals surface area contributed by atoms with Gasteiger partial charge in [-0.2, -0.15) is 0 Å². The smallest absolute Gasteiger partial charge is 0.305 e. The number of fused-ring (bicyclic) bond motifs is 1. The molecule has 3 aromatic rings. The van der Waals surface area contributed by atoms with Crippen molar-refractivity contribution in [1.82, 2.24) is 9.55 Å². The molecule has 0 radical (unpaired) electrons. The fourth-order valence-corrected chi connectivity index (χ4v) is 3.94. The summed E-state index contributed by atoms with van der Waals surface area (Å²) in [5, 5.41) is 11.4. The third-order valence-electron chi connectivity index (χ3n) is 4.50. The van der Waals surface area contributed by atoms with Gasteiger partial charge in [0.15, 0.2) is 0 Å². The lowest BCUT2D eigenvalue weighted by Crippen LogP contribution is -2.24. The highest BCUT2D eigenvalue weighted by Crippen LogP contribution is 2.32. The number of aliphatic carboxylic acids is 1. The Hall–Kier alpha value is -2.47. The lowest BCUT2D eigenvalue weighted by Gasteiger charge is -2.19. The number of aryl methyl sites for hydroxylation is 1. The van der Waals surface area contributed by atoms with Gasteiger partial charge in [-0.05, 0) is 23.5 Å². The van der Waals surface area contributed by atoms with Gasteiger partial charge in [-0.3, -0.25) is 14.2 Å². The van der Waals surface area contributed by atoms with Gasteiger partial charge in [0.2, 0.25) is 0 Å². The number of thiophene rings is 1. The molecule has 2 heterocycles. The molecule has 0 amide bonds. The molecule has 26 heavy (non-hydrogen) atoms. The number of aromatic nitrogens is 2. The van der Waals surface area contributed by atoms with E-state index in [0.717, 1.165) is 11.1 Å². The van der Waals surface area contributed by atoms with Crippen LogP contribution < -0.4 is 5.56 Å². The van der Waals surface area contributed by atoms with Crippen molar-refractivity contribution in [1.29, 1.82) is 0 Å². The Kier molecular flexibility index (Phi) is 4.71. The Morgan fingerprint density at radius 2 is 1.88 bits per heavy atom. The zero-order chi connectivity index (χ0) is 19.1. The molecule has 0 spiro atoms. The van der Waals surface area contributed by atoms with Crippen LogP contribution in [0.3, 0.4) is 0 Å². The predicted molar refractivity (Wildman–Crippen MR) is 105 cm³/mol. The zero-order valence-corrected chi connectivity index (χ0v) is 16.2. The second-order valence-corrected chi connectivity index (χ2v) is 8.27. The minimum atomic E-state index is -0.931. The van der Waals surface area contributed by atoms with Crippen LogP contribution in [0.15, 0.2) is 34.4 Å². The first kappa shape index (κ1) is 18.3. The lowest BCUT2D eigenvalue weighted by molar-refractivity contribution is -0.137. The van der Waals surface area contributed by atoms with E-state index in [1.54, 1.807) is 6.92 Å². The quantitative estimate of drug-likeness (QED) is 0.747. The van der Waals surface area contributed by atoms with Gasteiger partial charge in [-0.15, -0.1) is 11.3 Å². The van der Waals surface area contributed by atoms with E-state index in [9.17, 15) is 9.59 Å². The summed E-state index contributed by atoms with van der Waals surface area (Å²) in [4.78, 5) is 29.1. The normalized spacial score (nSPS) is 11.8. The van der Waals surface area contributed by atoms with Gasteiger partial charge in [-0.1, -0.05) is 45.0 Å². The molecule has 0 aliphatic rings. The molecule has 1 N–H and O–H groups in total. The molecule has 5 nitrogen and oxygen atoms in total. The van der Waals surface area contributed by atoms with Crippen LogP contribution in [-0.4, -0.2) is 20.6 Å². The van der Waals surface area contributed by atoms with E-state index in [1.165, 1.54) is 21.5 Å². The first-order valence-electron chi connectivity index (χ1n) is 8.50. The maximum absolute atomic E-state index is 13.0. The van der Waals surface area contributed by atoms with E-state index < -0.39 is 5.97 Å². The average molecular weight is 370 g/mol. The van der Waals surface area contributed by atoms with Crippen LogP contribution in [0.5, 0.6) is 0 Å². The fourth-order valence-electron chi connectivity index (χ4n) is 2.96. The number of carboxylic acids is 1. The minimum Gasteiger partial charge on any atom is -0.481 e. The zero-order valence-electron chi connectivity index (χ0n) is 15.4. The summed E-state index contributed by atoms with van der Waals surface area (Å²) in [6.07, 6.45) is -0.103. The van der Waals surface area contributed by atoms with Gasteiger partial charge >= 0.3 is 5.97 Å². The largest absolute Gasteiger partial charge is 0.481 e. The Morgan fingerprint density at radius 1 is 1.23 bits per heavy atom. The standard InChI is InChI=1S/C20H22N2O3S/c1-12-21-18-17(19(25)22(12)10-9-16(23)24)15(11-26-18)13-5-7-14(8-6-13)20(2,3)4/h5-8,11H,9-10H2,1-4H3,(H,23,24). The first-order valence-corrected chi connectivity index (χ1v) is 9.38. The minimum absolute atomic E-state index is 0.0669. The number of rotatable bonds is 4. The third-order valence-corrected chi connectivity index (χ3v) is 5.37. The summed E-state index contributed by atoms with van der Waals surface area (Å²) in [5.74, 6) is -0.389. The van der Waals surface area contributed by atoms with Crippen molar-refractivity contribution < 1.29 is 9.90 Å². The molecule has 0 atom stereocenters. The third kappa shape index (κ3) is 3.42. The topological polar surface area (TPSA) is 72.2 Å². The highest BCUT2D eigenvalue weighted by Gasteiger charge is 2.17. The Morgan fingerprint density at radius 3 is 2.46 bits per heavy atom. The Bertz CT molecular complexity index is 1020. The maximum Gasteiger partial charge on any atom is 0.305 e. The van der Waals surface area contributed by atoms with Crippen LogP contribution in [0.1, 0.15) is 38.6 Å². The molecule has 0 aliphatic carbocycles. The van der Waals surface area contributed by atoms with Gasteiger partial charge in [-0.25, -0.2) is 4.98 Å². The molecule has 2 aromatic heterocycles. The van der Waals surface area contributed by atoms with Gasteiger partial charge in [0, 0.05) is 17.5 Å². The van der Waals surface area contributed by atoms with E-state index in [0.29, 0.717) is 16.0 Å². The van der Waals surface area contributed by atoms with Gasteiger partial charge < -0.3 is 5.11 Å². The van der Waals surface area contributed by atoms with Crippen LogP contribution in [0, 0.1) is 6.92 Å². The van der Waals surface area contributed by atoms with Crippen molar-refractivity contribution in [3.63, 3.8) is 0 Å². The second kappa shape index (κ2) is 6.68. The Balaban J connectivity index is 2.11. The Labute approximate surface area is 155 Å². The highest BCUT2D eigenvalue weighted by atomic mass is 32.1. The van der Waals surface area contributed by atoms with Crippen LogP contribution >= 0.6 is 11.3 Å². The molecular formula is C20H22N2O3S. The van der Waals surface area contributed by atoms with Crippen molar-refractivity contribution in [2.75, 3.05) is 0 Å². The van der Waals surface area contributed by atoms with Crippen LogP contribution in [0.25, 0.3) is 21.3 Å². The number of carboxylic acid groups (broad SMARTS) is 1. The van der Waals surface area contributed by atoms with Gasteiger partial charge in [0.05, 0.1) is 11.8 Å². The van der Waals surface area contributed by atoms with Crippen LogP contribution in [-0.2, 0) is 16.8 Å². The number of carbonyl (C=O) groups is 1.